The third-order valence-corrected chi connectivity index (χ3v) is 9.05. The number of halogens is 2. The lowest BCUT2D eigenvalue weighted by Gasteiger charge is -2.25. The summed E-state index contributed by atoms with van der Waals surface area (Å²) in [4.78, 5) is 23.4. The van der Waals surface area contributed by atoms with Crippen molar-refractivity contribution in [2.45, 2.75) is 37.2 Å². The number of benzene rings is 1. The van der Waals surface area contributed by atoms with E-state index in [1.807, 2.05) is 6.20 Å². The highest BCUT2D eigenvalue weighted by molar-refractivity contribution is 7.92. The van der Waals surface area contributed by atoms with Gasteiger partial charge in [-0.1, -0.05) is 11.6 Å². The summed E-state index contributed by atoms with van der Waals surface area (Å²) in [5.41, 5.74) is 2.36. The largest absolute Gasteiger partial charge is 0.480 e. The number of aromatic nitrogens is 6. The van der Waals surface area contributed by atoms with Crippen LogP contribution in [-0.2, 0) is 23.1 Å². The summed E-state index contributed by atoms with van der Waals surface area (Å²) >= 11 is 0. The van der Waals surface area contributed by atoms with E-state index in [-0.39, 0.29) is 29.7 Å². The van der Waals surface area contributed by atoms with Gasteiger partial charge in [0.25, 0.3) is 15.9 Å². The Morgan fingerprint density at radius 2 is 1.80 bits per heavy atom. The van der Waals surface area contributed by atoms with E-state index in [1.165, 1.54) is 44.8 Å². The third-order valence-electron chi connectivity index (χ3n) is 7.65. The first kappa shape index (κ1) is 31.0. The minimum absolute atomic E-state index is 0.0675. The monoisotopic (exact) mass is 651 g/mol. The fourth-order valence-electron chi connectivity index (χ4n) is 5.28. The Hall–Kier alpha value is -4.96. The minimum atomic E-state index is -4.47. The van der Waals surface area contributed by atoms with Crippen LogP contribution in [0.25, 0.3) is 16.8 Å². The molecule has 1 aromatic carbocycles. The summed E-state index contributed by atoms with van der Waals surface area (Å²) in [7, 11) is -3.16. The number of hydrogen-bond donors (Lipinski definition) is 2. The second kappa shape index (κ2) is 13.2. The molecule has 6 rings (SSSR count). The quantitative estimate of drug-likeness (QED) is 0.219. The van der Waals surface area contributed by atoms with Crippen molar-refractivity contribution in [2.24, 2.45) is 0 Å². The van der Waals surface area contributed by atoms with Crippen LogP contribution in [0, 0.1) is 11.6 Å². The highest BCUT2D eigenvalue weighted by atomic mass is 32.2. The smallest absolute Gasteiger partial charge is 0.270 e. The molecule has 2 N–H and O–H groups in total. The molecule has 0 bridgehead atoms. The van der Waals surface area contributed by atoms with Crippen LogP contribution in [0.2, 0.25) is 0 Å². The standard InChI is InChI=1S/C30H31F2N9O4S/c1-45-30-25(37-46(43,44)27-7-6-22(31)14-24(27)32)13-21(15-35-30)20-5-8-28-33-17-26(41(28)18-20)29(42)34-16-23-19-40(38-36-23)12-11-39-9-3-2-4-10-39/h5-8,13-15,17-19,37H,2-4,9-12,16H2,1H3,(H,34,42). The van der Waals surface area contributed by atoms with Gasteiger partial charge in [-0.25, -0.2) is 27.2 Å². The number of piperidine rings is 1. The van der Waals surface area contributed by atoms with Crippen LogP contribution in [0.15, 0.2) is 66.1 Å². The number of methoxy groups -OCH3 is 1. The van der Waals surface area contributed by atoms with E-state index in [2.05, 4.69) is 35.2 Å². The van der Waals surface area contributed by atoms with Gasteiger partial charge in [-0.2, -0.15) is 0 Å². The zero-order valence-corrected chi connectivity index (χ0v) is 25.7. The average molecular weight is 652 g/mol. The fraction of sp³-hybridized carbons (Fsp3) is 0.300. The Kier molecular flexibility index (Phi) is 8.90. The maximum absolute atomic E-state index is 14.3. The van der Waals surface area contributed by atoms with Crippen LogP contribution in [0.1, 0.15) is 35.4 Å². The molecule has 5 heterocycles. The summed E-state index contributed by atoms with van der Waals surface area (Å²) in [6.07, 6.45) is 10.1. The number of nitrogens with one attached hydrogen (secondary N) is 2. The molecule has 4 aromatic heterocycles. The number of pyridine rings is 2. The predicted molar refractivity (Wildman–Crippen MR) is 164 cm³/mol. The number of nitrogens with zero attached hydrogens (tertiary/aromatic N) is 7. The maximum atomic E-state index is 14.3. The van der Waals surface area contributed by atoms with E-state index >= 15 is 0 Å². The van der Waals surface area contributed by atoms with Crippen LogP contribution in [0.5, 0.6) is 5.88 Å². The van der Waals surface area contributed by atoms with E-state index in [0.717, 1.165) is 38.3 Å². The van der Waals surface area contributed by atoms with Gasteiger partial charge in [0.05, 0.1) is 32.6 Å². The third kappa shape index (κ3) is 6.82. The fourth-order valence-corrected chi connectivity index (χ4v) is 6.38. The Bertz CT molecular complexity index is 1990. The van der Waals surface area contributed by atoms with E-state index in [9.17, 15) is 22.0 Å². The summed E-state index contributed by atoms with van der Waals surface area (Å²) in [6.45, 7) is 4.02. The van der Waals surface area contributed by atoms with Gasteiger partial charge in [0.1, 0.15) is 39.3 Å². The molecule has 16 heteroatoms. The Morgan fingerprint density at radius 1 is 0.978 bits per heavy atom. The molecule has 0 radical (unpaired) electrons. The molecule has 240 valence electrons. The number of amides is 1. The van der Waals surface area contributed by atoms with Gasteiger partial charge in [-0.15, -0.1) is 5.10 Å². The zero-order chi connectivity index (χ0) is 32.3. The van der Waals surface area contributed by atoms with Gasteiger partial charge < -0.3 is 15.0 Å². The summed E-state index contributed by atoms with van der Waals surface area (Å²) < 4.78 is 64.4. The number of sulfonamides is 1. The van der Waals surface area contributed by atoms with Crippen molar-refractivity contribution >= 4 is 27.3 Å². The Morgan fingerprint density at radius 3 is 2.59 bits per heavy atom. The van der Waals surface area contributed by atoms with Gasteiger partial charge in [-0.05, 0) is 56.3 Å². The molecular formula is C30H31F2N9O4S. The lowest BCUT2D eigenvalue weighted by atomic mass is 10.1. The van der Waals surface area contributed by atoms with E-state index in [1.54, 1.807) is 27.4 Å². The number of carbonyl (C=O) groups is 1. The van der Waals surface area contributed by atoms with Crippen molar-refractivity contribution < 1.29 is 26.7 Å². The number of carbonyl (C=O) groups excluding carboxylic acids is 1. The van der Waals surface area contributed by atoms with Gasteiger partial charge in [0, 0.05) is 36.1 Å². The zero-order valence-electron chi connectivity index (χ0n) is 24.9. The summed E-state index contributed by atoms with van der Waals surface area (Å²) in [5, 5.41) is 11.2. The number of rotatable bonds is 11. The average Bonchev–Trinajstić information content (AvgIpc) is 3.69. The van der Waals surface area contributed by atoms with Crippen LogP contribution in [0.4, 0.5) is 14.5 Å². The molecule has 0 atom stereocenters. The highest BCUT2D eigenvalue weighted by Crippen LogP contribution is 2.31. The highest BCUT2D eigenvalue weighted by Gasteiger charge is 2.23. The SMILES string of the molecule is COc1ncc(-c2ccc3ncc(C(=O)NCc4cn(CCN5CCCCC5)nn4)n3c2)cc1NS(=O)(=O)c1ccc(F)cc1F. The number of hydrogen-bond acceptors (Lipinski definition) is 9. The van der Waals surface area contributed by atoms with Crippen molar-refractivity contribution in [3.63, 3.8) is 0 Å². The second-order valence-corrected chi connectivity index (χ2v) is 12.5. The van der Waals surface area contributed by atoms with E-state index < -0.39 is 26.6 Å². The van der Waals surface area contributed by atoms with Crippen molar-refractivity contribution in [3.05, 3.63) is 84.2 Å². The van der Waals surface area contributed by atoms with Crippen LogP contribution < -0.4 is 14.8 Å². The molecule has 46 heavy (non-hydrogen) atoms. The van der Waals surface area contributed by atoms with Crippen molar-refractivity contribution in [1.82, 2.24) is 39.6 Å². The van der Waals surface area contributed by atoms with Crippen LogP contribution in [0.3, 0.4) is 0 Å². The second-order valence-electron chi connectivity index (χ2n) is 10.8. The van der Waals surface area contributed by atoms with Crippen LogP contribution in [-0.4, -0.2) is 75.3 Å². The van der Waals surface area contributed by atoms with Crippen molar-refractivity contribution in [2.75, 3.05) is 31.5 Å². The van der Waals surface area contributed by atoms with Crippen LogP contribution >= 0.6 is 0 Å². The van der Waals surface area contributed by atoms with Gasteiger partial charge in [0.15, 0.2) is 0 Å². The molecule has 5 aromatic rings. The number of fused-ring (bicyclic) bond motifs is 1. The molecule has 0 aliphatic carbocycles. The maximum Gasteiger partial charge on any atom is 0.270 e. The molecule has 1 saturated heterocycles. The van der Waals surface area contributed by atoms with E-state index in [0.29, 0.717) is 28.5 Å². The molecule has 1 amide bonds. The Labute approximate surface area is 263 Å². The van der Waals surface area contributed by atoms with Gasteiger partial charge in [-0.3, -0.25) is 18.6 Å². The van der Waals surface area contributed by atoms with Crippen molar-refractivity contribution in [3.8, 4) is 17.0 Å². The first-order chi connectivity index (χ1) is 22.2. The van der Waals surface area contributed by atoms with E-state index in [4.69, 9.17) is 4.74 Å². The molecule has 0 unspecified atom stereocenters. The Balaban J connectivity index is 1.17. The molecule has 1 aliphatic rings. The first-order valence-electron chi connectivity index (χ1n) is 14.6. The molecule has 13 nitrogen and oxygen atoms in total. The van der Waals surface area contributed by atoms with Gasteiger partial charge in [0.2, 0.25) is 5.88 Å². The summed E-state index contributed by atoms with van der Waals surface area (Å²) in [5.74, 6) is -2.60. The molecule has 0 saturated carbocycles. The topological polar surface area (TPSA) is 149 Å². The number of imidazole rings is 1. The lowest BCUT2D eigenvalue weighted by molar-refractivity contribution is 0.0944. The molecule has 1 fully saturated rings. The number of ether oxygens (including phenoxy) is 1. The molecule has 0 spiro atoms. The number of anilines is 1. The lowest BCUT2D eigenvalue weighted by Crippen LogP contribution is -2.32. The molecule has 1 aliphatic heterocycles. The predicted octanol–water partition coefficient (Wildman–Crippen LogP) is 3.49. The summed E-state index contributed by atoms with van der Waals surface area (Å²) in [6, 6.07) is 7.04. The first-order valence-corrected chi connectivity index (χ1v) is 16.1. The van der Waals surface area contributed by atoms with Crippen molar-refractivity contribution in [1.29, 1.82) is 0 Å². The normalized spacial score (nSPS) is 14.0. The van der Waals surface area contributed by atoms with Gasteiger partial charge >= 0.3 is 0 Å². The number of likely N-dealkylation sites (tertiary alicyclic amines) is 1. The minimum Gasteiger partial charge on any atom is -0.480 e. The molecular weight excluding hydrogens is 620 g/mol.